The van der Waals surface area contributed by atoms with Gasteiger partial charge in [-0.25, -0.2) is 0 Å². The third-order valence-electron chi connectivity index (χ3n) is 3.23. The van der Waals surface area contributed by atoms with Gasteiger partial charge in [-0.1, -0.05) is 36.4 Å². The van der Waals surface area contributed by atoms with Crippen molar-refractivity contribution in [1.29, 1.82) is 0 Å². The molecule has 0 saturated heterocycles. The molecule has 0 unspecified atom stereocenters. The van der Waals surface area contributed by atoms with Crippen LogP contribution in [-0.4, -0.2) is 10.5 Å². The minimum atomic E-state index is -0.219. The van der Waals surface area contributed by atoms with E-state index in [0.717, 1.165) is 16.8 Å². The number of aromatic nitrogens is 1. The summed E-state index contributed by atoms with van der Waals surface area (Å²) in [5, 5.41) is 2.82. The van der Waals surface area contributed by atoms with E-state index < -0.39 is 0 Å². The molecule has 1 aromatic heterocycles. The van der Waals surface area contributed by atoms with Gasteiger partial charge >= 0.3 is 0 Å². The van der Waals surface area contributed by atoms with Crippen LogP contribution in [0.25, 0.3) is 11.1 Å². The number of carbonyl (C=O) groups is 1. The van der Waals surface area contributed by atoms with Crippen LogP contribution in [0.5, 0.6) is 0 Å². The maximum absolute atomic E-state index is 12.0. The molecule has 1 aromatic rings. The topological polar surface area (TPSA) is 51.1 Å². The number of nitrogens with zero attached hydrogens (tertiary/aromatic N) is 1. The summed E-state index contributed by atoms with van der Waals surface area (Å²) in [6.07, 6.45) is 1.60. The summed E-state index contributed by atoms with van der Waals surface area (Å²) in [6, 6.07) is 18.5. The van der Waals surface area contributed by atoms with Crippen LogP contribution in [0.15, 0.2) is 71.7 Å². The second-order valence-electron chi connectivity index (χ2n) is 4.78. The SMILES string of the molecule is O=C(Cn1ccccc1=O)Nc1cc2cccccc-2c1. The molecule has 3 rings (SSSR count). The molecule has 1 N–H and O–H groups in total. The summed E-state index contributed by atoms with van der Waals surface area (Å²) in [7, 11) is 0. The Morgan fingerprint density at radius 2 is 1.62 bits per heavy atom. The predicted molar refractivity (Wildman–Crippen MR) is 82.4 cm³/mol. The van der Waals surface area contributed by atoms with Crippen molar-refractivity contribution in [2.45, 2.75) is 6.54 Å². The van der Waals surface area contributed by atoms with Gasteiger partial charge in [0.1, 0.15) is 6.54 Å². The normalized spacial score (nSPS) is 10.5. The van der Waals surface area contributed by atoms with E-state index in [-0.39, 0.29) is 18.0 Å². The summed E-state index contributed by atoms with van der Waals surface area (Å²) in [4.78, 5) is 23.6. The Morgan fingerprint density at radius 3 is 2.29 bits per heavy atom. The van der Waals surface area contributed by atoms with Gasteiger partial charge in [-0.15, -0.1) is 0 Å². The molecule has 0 aromatic carbocycles. The molecule has 0 spiro atoms. The Morgan fingerprint density at radius 1 is 0.952 bits per heavy atom. The number of anilines is 1. The Kier molecular flexibility index (Phi) is 3.51. The van der Waals surface area contributed by atoms with Gasteiger partial charge in [-0.2, -0.15) is 0 Å². The predicted octanol–water partition coefficient (Wildman–Crippen LogP) is 2.59. The summed E-state index contributed by atoms with van der Waals surface area (Å²) >= 11 is 0. The standard InChI is InChI=1S/C17H14N2O2/c20-16(12-19-9-5-4-8-17(19)21)18-15-10-13-6-2-1-3-7-14(13)11-15/h1-11H,12H2,(H,18,20). The van der Waals surface area contributed by atoms with Gasteiger partial charge in [0.2, 0.25) is 5.91 Å². The van der Waals surface area contributed by atoms with E-state index in [1.54, 1.807) is 18.3 Å². The largest absolute Gasteiger partial charge is 0.324 e. The minimum Gasteiger partial charge on any atom is -0.324 e. The lowest BCUT2D eigenvalue weighted by molar-refractivity contribution is -0.116. The van der Waals surface area contributed by atoms with E-state index in [0.29, 0.717) is 0 Å². The monoisotopic (exact) mass is 278 g/mol. The third kappa shape index (κ3) is 3.00. The number of amides is 1. The van der Waals surface area contributed by atoms with E-state index in [4.69, 9.17) is 0 Å². The Bertz CT molecular complexity index is 777. The highest BCUT2D eigenvalue weighted by Gasteiger charge is 2.08. The van der Waals surface area contributed by atoms with Crippen LogP contribution in [0.1, 0.15) is 0 Å². The lowest BCUT2D eigenvalue weighted by Crippen LogP contribution is -2.26. The molecule has 0 fully saturated rings. The van der Waals surface area contributed by atoms with Crippen LogP contribution >= 0.6 is 0 Å². The third-order valence-corrected chi connectivity index (χ3v) is 3.23. The van der Waals surface area contributed by atoms with Crippen molar-refractivity contribution in [1.82, 2.24) is 4.57 Å². The zero-order valence-electron chi connectivity index (χ0n) is 11.3. The van der Waals surface area contributed by atoms with Crippen LogP contribution in [0.2, 0.25) is 0 Å². The van der Waals surface area contributed by atoms with Crippen LogP contribution in [0.3, 0.4) is 0 Å². The van der Waals surface area contributed by atoms with Crippen LogP contribution < -0.4 is 10.9 Å². The molecule has 0 bridgehead atoms. The zero-order chi connectivity index (χ0) is 14.7. The van der Waals surface area contributed by atoms with Gasteiger partial charge in [0.05, 0.1) is 0 Å². The van der Waals surface area contributed by atoms with E-state index >= 15 is 0 Å². The van der Waals surface area contributed by atoms with E-state index in [2.05, 4.69) is 5.32 Å². The van der Waals surface area contributed by atoms with Crippen molar-refractivity contribution in [3.8, 4) is 11.1 Å². The molecule has 0 aliphatic heterocycles. The maximum atomic E-state index is 12.0. The number of carbonyl (C=O) groups excluding carboxylic acids is 1. The first kappa shape index (κ1) is 13.1. The second kappa shape index (κ2) is 5.63. The molecule has 1 heterocycles. The zero-order valence-corrected chi connectivity index (χ0v) is 11.3. The van der Waals surface area contributed by atoms with E-state index in [9.17, 15) is 9.59 Å². The molecule has 1 amide bonds. The summed E-state index contributed by atoms with van der Waals surface area (Å²) in [5.74, 6) is -0.219. The lowest BCUT2D eigenvalue weighted by atomic mass is 10.2. The highest BCUT2D eigenvalue weighted by Crippen LogP contribution is 2.27. The molecular formula is C17H14N2O2. The number of hydrogen-bond donors (Lipinski definition) is 1. The first-order chi connectivity index (χ1) is 10.2. The smallest absolute Gasteiger partial charge is 0.250 e. The Labute approximate surface area is 122 Å². The number of nitrogens with one attached hydrogen (secondary N) is 1. The van der Waals surface area contributed by atoms with Crippen molar-refractivity contribution in [2.75, 3.05) is 5.32 Å². The minimum absolute atomic E-state index is 0.00891. The van der Waals surface area contributed by atoms with Crippen molar-refractivity contribution in [3.05, 3.63) is 77.2 Å². The number of fused-ring (bicyclic) bond motifs is 1. The average Bonchev–Trinajstić information content (AvgIpc) is 2.70. The molecule has 4 nitrogen and oxygen atoms in total. The van der Waals surface area contributed by atoms with Crippen LogP contribution in [-0.2, 0) is 11.3 Å². The average molecular weight is 278 g/mol. The first-order valence-electron chi connectivity index (χ1n) is 6.66. The first-order valence-corrected chi connectivity index (χ1v) is 6.66. The molecule has 0 radical (unpaired) electrons. The van der Waals surface area contributed by atoms with E-state index in [1.807, 2.05) is 42.5 Å². The van der Waals surface area contributed by atoms with Gasteiger partial charge in [-0.05, 0) is 29.3 Å². The molecule has 4 heteroatoms. The van der Waals surface area contributed by atoms with Crippen LogP contribution in [0.4, 0.5) is 5.69 Å². The molecule has 104 valence electrons. The highest BCUT2D eigenvalue weighted by atomic mass is 16.2. The molecule has 0 atom stereocenters. The van der Waals surface area contributed by atoms with Crippen molar-refractivity contribution in [3.63, 3.8) is 0 Å². The fourth-order valence-electron chi connectivity index (χ4n) is 2.23. The van der Waals surface area contributed by atoms with E-state index in [1.165, 1.54) is 10.6 Å². The fourth-order valence-corrected chi connectivity index (χ4v) is 2.23. The van der Waals surface area contributed by atoms with Gasteiger partial charge in [0.25, 0.3) is 5.56 Å². The molecule has 21 heavy (non-hydrogen) atoms. The van der Waals surface area contributed by atoms with Crippen molar-refractivity contribution < 1.29 is 4.79 Å². The Hall–Kier alpha value is -2.88. The Balaban J connectivity index is 1.77. The van der Waals surface area contributed by atoms with Crippen molar-refractivity contribution in [2.24, 2.45) is 0 Å². The highest BCUT2D eigenvalue weighted by molar-refractivity contribution is 5.93. The molecule has 2 aliphatic carbocycles. The number of rotatable bonds is 3. The number of hydrogen-bond acceptors (Lipinski definition) is 2. The van der Waals surface area contributed by atoms with Gasteiger partial charge in [0, 0.05) is 18.0 Å². The number of pyridine rings is 1. The maximum Gasteiger partial charge on any atom is 0.250 e. The summed E-state index contributed by atoms with van der Waals surface area (Å²) in [6.45, 7) is 0.00891. The quantitative estimate of drug-likeness (QED) is 0.800. The molecule has 0 saturated carbocycles. The van der Waals surface area contributed by atoms with Crippen molar-refractivity contribution >= 4 is 11.6 Å². The second-order valence-corrected chi connectivity index (χ2v) is 4.78. The summed E-state index contributed by atoms with van der Waals surface area (Å²) in [5.41, 5.74) is 2.68. The van der Waals surface area contributed by atoms with Gasteiger partial charge < -0.3 is 9.88 Å². The molecule has 2 aliphatic rings. The van der Waals surface area contributed by atoms with Gasteiger partial charge in [0.15, 0.2) is 0 Å². The van der Waals surface area contributed by atoms with Crippen LogP contribution in [0, 0.1) is 0 Å². The summed E-state index contributed by atoms with van der Waals surface area (Å²) < 4.78 is 1.37. The fraction of sp³-hybridized carbons (Fsp3) is 0.0588. The van der Waals surface area contributed by atoms with Gasteiger partial charge in [-0.3, -0.25) is 9.59 Å². The lowest BCUT2D eigenvalue weighted by Gasteiger charge is -2.05. The molecular weight excluding hydrogens is 264 g/mol.